The smallest absolute Gasteiger partial charge is 0.249 e. The number of nitrogen functional groups attached to an aromatic ring is 1. The van der Waals surface area contributed by atoms with E-state index in [1.165, 1.54) is 0 Å². The molecule has 1 unspecified atom stereocenters. The lowest BCUT2D eigenvalue weighted by Crippen LogP contribution is -2.58. The van der Waals surface area contributed by atoms with Gasteiger partial charge in [-0.25, -0.2) is 0 Å². The van der Waals surface area contributed by atoms with Crippen molar-refractivity contribution >= 4 is 23.3 Å². The second-order valence-corrected chi connectivity index (χ2v) is 4.41. The molecular formula is C11H17N5O2. The summed E-state index contributed by atoms with van der Waals surface area (Å²) >= 11 is 0. The first kappa shape index (κ1) is 12.4. The Morgan fingerprint density at radius 2 is 2.17 bits per heavy atom. The molecule has 2 amide bonds. The molecule has 1 saturated heterocycles. The van der Waals surface area contributed by atoms with Gasteiger partial charge in [-0.3, -0.25) is 19.6 Å². The van der Waals surface area contributed by atoms with E-state index in [-0.39, 0.29) is 24.4 Å². The Labute approximate surface area is 105 Å². The van der Waals surface area contributed by atoms with Crippen LogP contribution in [-0.2, 0) is 16.6 Å². The molecule has 0 aromatic carbocycles. The molecule has 98 valence electrons. The number of aryl methyl sites for hydroxylation is 2. The lowest BCUT2D eigenvalue weighted by Gasteiger charge is -2.35. The van der Waals surface area contributed by atoms with E-state index in [0.29, 0.717) is 23.6 Å². The molecule has 1 aromatic rings. The Bertz CT molecular complexity index is 508. The van der Waals surface area contributed by atoms with E-state index >= 15 is 0 Å². The molecule has 0 spiro atoms. The normalized spacial score (nSPS) is 20.2. The number of imide groups is 1. The van der Waals surface area contributed by atoms with E-state index in [1.54, 1.807) is 23.6 Å². The van der Waals surface area contributed by atoms with E-state index in [1.807, 2.05) is 6.92 Å². The molecule has 1 fully saturated rings. The molecular weight excluding hydrogens is 234 g/mol. The van der Waals surface area contributed by atoms with Gasteiger partial charge in [-0.2, -0.15) is 5.10 Å². The number of nitrogens with one attached hydrogen (secondary N) is 1. The van der Waals surface area contributed by atoms with Crippen LogP contribution in [0, 0.1) is 6.92 Å². The van der Waals surface area contributed by atoms with Crippen molar-refractivity contribution in [1.82, 2.24) is 15.1 Å². The van der Waals surface area contributed by atoms with Crippen molar-refractivity contribution in [2.24, 2.45) is 7.05 Å². The summed E-state index contributed by atoms with van der Waals surface area (Å²) in [6.07, 6.45) is 0.600. The third-order valence-corrected chi connectivity index (χ3v) is 3.15. The summed E-state index contributed by atoms with van der Waals surface area (Å²) < 4.78 is 1.61. The number of carbonyl (C=O) groups is 2. The molecule has 3 N–H and O–H groups in total. The topological polar surface area (TPSA) is 93.2 Å². The van der Waals surface area contributed by atoms with Gasteiger partial charge in [0, 0.05) is 7.05 Å². The number of carbonyl (C=O) groups excluding carboxylic acids is 2. The largest absolute Gasteiger partial charge is 0.394 e. The standard InChI is InChI=1S/C11H17N5O2/c1-4-7-10(18)13-8(17)5-16(7)11-9(12)6(2)14-15(11)3/h7H,4-5,12H2,1-3H3,(H,13,17,18). The molecule has 2 rings (SSSR count). The summed E-state index contributed by atoms with van der Waals surface area (Å²) in [5, 5.41) is 6.55. The first-order valence-corrected chi connectivity index (χ1v) is 5.85. The fraction of sp³-hybridized carbons (Fsp3) is 0.545. The van der Waals surface area contributed by atoms with Crippen LogP contribution in [0.3, 0.4) is 0 Å². The van der Waals surface area contributed by atoms with Crippen LogP contribution in [-0.4, -0.2) is 34.2 Å². The number of aromatic nitrogens is 2. The van der Waals surface area contributed by atoms with Gasteiger partial charge in [-0.15, -0.1) is 0 Å². The molecule has 0 saturated carbocycles. The highest BCUT2D eigenvalue weighted by molar-refractivity contribution is 6.05. The van der Waals surface area contributed by atoms with Crippen molar-refractivity contribution in [2.75, 3.05) is 17.2 Å². The van der Waals surface area contributed by atoms with Crippen molar-refractivity contribution in [1.29, 1.82) is 0 Å². The van der Waals surface area contributed by atoms with E-state index in [0.717, 1.165) is 0 Å². The molecule has 0 aliphatic carbocycles. The summed E-state index contributed by atoms with van der Waals surface area (Å²) in [7, 11) is 1.75. The highest BCUT2D eigenvalue weighted by atomic mass is 16.2. The van der Waals surface area contributed by atoms with Gasteiger partial charge in [0.2, 0.25) is 11.8 Å². The number of anilines is 2. The van der Waals surface area contributed by atoms with Crippen LogP contribution < -0.4 is 16.0 Å². The second-order valence-electron chi connectivity index (χ2n) is 4.41. The minimum Gasteiger partial charge on any atom is -0.394 e. The Morgan fingerprint density at radius 1 is 1.50 bits per heavy atom. The van der Waals surface area contributed by atoms with E-state index in [4.69, 9.17) is 5.73 Å². The van der Waals surface area contributed by atoms with Crippen LogP contribution in [0.5, 0.6) is 0 Å². The van der Waals surface area contributed by atoms with Gasteiger partial charge < -0.3 is 10.6 Å². The van der Waals surface area contributed by atoms with Crippen LogP contribution in [0.1, 0.15) is 19.0 Å². The summed E-state index contributed by atoms with van der Waals surface area (Å²) in [5.74, 6) is 0.0255. The van der Waals surface area contributed by atoms with Gasteiger partial charge in [0.1, 0.15) is 6.04 Å². The number of nitrogens with zero attached hydrogens (tertiary/aromatic N) is 3. The van der Waals surface area contributed by atoms with Crippen molar-refractivity contribution in [3.63, 3.8) is 0 Å². The predicted molar refractivity (Wildman–Crippen MR) is 66.9 cm³/mol. The maximum atomic E-state index is 11.8. The zero-order valence-electron chi connectivity index (χ0n) is 10.7. The summed E-state index contributed by atoms with van der Waals surface area (Å²) in [4.78, 5) is 25.0. The van der Waals surface area contributed by atoms with E-state index in [9.17, 15) is 9.59 Å². The van der Waals surface area contributed by atoms with Gasteiger partial charge >= 0.3 is 0 Å². The maximum Gasteiger partial charge on any atom is 0.249 e. The number of rotatable bonds is 2. The summed E-state index contributed by atoms with van der Waals surface area (Å²) in [5.41, 5.74) is 7.18. The molecule has 0 bridgehead atoms. The van der Waals surface area contributed by atoms with Gasteiger partial charge in [-0.1, -0.05) is 6.92 Å². The highest BCUT2D eigenvalue weighted by Gasteiger charge is 2.35. The molecule has 2 heterocycles. The zero-order valence-corrected chi connectivity index (χ0v) is 10.7. The Hall–Kier alpha value is -2.05. The average Bonchev–Trinajstić information content (AvgIpc) is 2.52. The number of nitrogens with two attached hydrogens (primary N) is 1. The number of amides is 2. The second kappa shape index (κ2) is 4.32. The number of hydrogen-bond donors (Lipinski definition) is 2. The lowest BCUT2D eigenvalue weighted by molar-refractivity contribution is -0.132. The fourth-order valence-corrected chi connectivity index (χ4v) is 2.30. The molecule has 1 aromatic heterocycles. The molecule has 18 heavy (non-hydrogen) atoms. The van der Waals surface area contributed by atoms with E-state index in [2.05, 4.69) is 10.4 Å². The van der Waals surface area contributed by atoms with Crippen molar-refractivity contribution in [3.05, 3.63) is 5.69 Å². The van der Waals surface area contributed by atoms with E-state index < -0.39 is 0 Å². The Balaban J connectivity index is 2.46. The minimum atomic E-state index is -0.389. The molecule has 1 aliphatic rings. The zero-order chi connectivity index (χ0) is 13.4. The third kappa shape index (κ3) is 1.81. The SMILES string of the molecule is CCC1C(=O)NC(=O)CN1c1c(N)c(C)nn1C. The first-order chi connectivity index (χ1) is 8.45. The van der Waals surface area contributed by atoms with Gasteiger partial charge in [0.25, 0.3) is 0 Å². The van der Waals surface area contributed by atoms with Crippen LogP contribution >= 0.6 is 0 Å². The van der Waals surface area contributed by atoms with Crippen LogP contribution in [0.2, 0.25) is 0 Å². The highest BCUT2D eigenvalue weighted by Crippen LogP contribution is 2.28. The first-order valence-electron chi connectivity index (χ1n) is 5.85. The van der Waals surface area contributed by atoms with Crippen LogP contribution in [0.4, 0.5) is 11.5 Å². The van der Waals surface area contributed by atoms with Gasteiger partial charge in [0.05, 0.1) is 17.9 Å². The Morgan fingerprint density at radius 3 is 2.67 bits per heavy atom. The Kier molecular flexibility index (Phi) is 2.98. The van der Waals surface area contributed by atoms with Crippen molar-refractivity contribution in [2.45, 2.75) is 26.3 Å². The predicted octanol–water partition coefficient (Wildman–Crippen LogP) is -0.448. The van der Waals surface area contributed by atoms with Gasteiger partial charge in [-0.05, 0) is 13.3 Å². The third-order valence-electron chi connectivity index (χ3n) is 3.15. The quantitative estimate of drug-likeness (QED) is 0.694. The lowest BCUT2D eigenvalue weighted by atomic mass is 10.1. The maximum absolute atomic E-state index is 11.8. The molecule has 0 radical (unpaired) electrons. The summed E-state index contributed by atoms with van der Waals surface area (Å²) in [6, 6.07) is -0.389. The van der Waals surface area contributed by atoms with Crippen LogP contribution in [0.15, 0.2) is 0 Å². The summed E-state index contributed by atoms with van der Waals surface area (Å²) in [6.45, 7) is 3.81. The molecule has 1 aliphatic heterocycles. The van der Waals surface area contributed by atoms with Crippen molar-refractivity contribution < 1.29 is 9.59 Å². The number of piperazine rings is 1. The number of hydrogen-bond acceptors (Lipinski definition) is 5. The fourth-order valence-electron chi connectivity index (χ4n) is 2.30. The van der Waals surface area contributed by atoms with Crippen molar-refractivity contribution in [3.8, 4) is 0 Å². The average molecular weight is 251 g/mol. The van der Waals surface area contributed by atoms with Gasteiger partial charge in [0.15, 0.2) is 5.82 Å². The monoisotopic (exact) mass is 251 g/mol. The molecule has 7 heteroatoms. The van der Waals surface area contributed by atoms with Crippen LogP contribution in [0.25, 0.3) is 0 Å². The minimum absolute atomic E-state index is 0.118. The molecule has 1 atom stereocenters. The molecule has 7 nitrogen and oxygen atoms in total.